The van der Waals surface area contributed by atoms with Gasteiger partial charge in [-0.25, -0.2) is 8.42 Å². The summed E-state index contributed by atoms with van der Waals surface area (Å²) in [6.45, 7) is 2.92. The van der Waals surface area contributed by atoms with Crippen LogP contribution >= 0.6 is 22.9 Å². The molecule has 6 nitrogen and oxygen atoms in total. The summed E-state index contributed by atoms with van der Waals surface area (Å²) in [4.78, 5) is 16.9. The van der Waals surface area contributed by atoms with Gasteiger partial charge < -0.3 is 9.64 Å². The smallest absolute Gasteiger partial charge is 0.243 e. The van der Waals surface area contributed by atoms with Gasteiger partial charge in [-0.15, -0.1) is 11.3 Å². The molecule has 0 radical (unpaired) electrons. The first-order valence-corrected chi connectivity index (χ1v) is 14.8. The van der Waals surface area contributed by atoms with Crippen molar-refractivity contribution < 1.29 is 17.9 Å². The van der Waals surface area contributed by atoms with Crippen LogP contribution in [0.2, 0.25) is 5.02 Å². The van der Waals surface area contributed by atoms with Crippen LogP contribution in [0.1, 0.15) is 34.9 Å². The normalized spacial score (nSPS) is 17.8. The van der Waals surface area contributed by atoms with Gasteiger partial charge in [-0.1, -0.05) is 29.3 Å². The lowest BCUT2D eigenvalue weighted by Gasteiger charge is -2.37. The highest BCUT2D eigenvalue weighted by Gasteiger charge is 2.37. The molecule has 5 rings (SSSR count). The molecule has 0 bridgehead atoms. The zero-order valence-electron chi connectivity index (χ0n) is 20.1. The molecule has 1 aliphatic carbocycles. The fraction of sp³-hybridized carbons (Fsp3) is 0.370. The molecule has 3 aromatic rings. The molecular weight excluding hydrogens is 516 g/mol. The minimum Gasteiger partial charge on any atom is -0.491 e. The number of sulfonamides is 1. The van der Waals surface area contributed by atoms with Crippen LogP contribution in [-0.4, -0.2) is 49.8 Å². The second-order valence-corrected chi connectivity index (χ2v) is 12.8. The first kappa shape index (κ1) is 25.3. The zero-order chi connectivity index (χ0) is 25.3. The van der Waals surface area contributed by atoms with Crippen molar-refractivity contribution in [2.75, 3.05) is 26.2 Å². The Kier molecular flexibility index (Phi) is 7.40. The van der Waals surface area contributed by atoms with Gasteiger partial charge in [0.25, 0.3) is 0 Å². The van der Waals surface area contributed by atoms with E-state index in [-0.39, 0.29) is 30.0 Å². The van der Waals surface area contributed by atoms with Crippen LogP contribution in [0.4, 0.5) is 0 Å². The summed E-state index contributed by atoms with van der Waals surface area (Å²) >= 11 is 7.68. The lowest BCUT2D eigenvalue weighted by atomic mass is 10.0. The Morgan fingerprint density at radius 2 is 1.83 bits per heavy atom. The Balaban J connectivity index is 1.37. The molecule has 9 heteroatoms. The van der Waals surface area contributed by atoms with Crippen LogP contribution in [0.3, 0.4) is 0 Å². The van der Waals surface area contributed by atoms with E-state index in [1.54, 1.807) is 64.8 Å². The van der Waals surface area contributed by atoms with Crippen molar-refractivity contribution >= 4 is 38.9 Å². The predicted molar refractivity (Wildman–Crippen MR) is 142 cm³/mol. The molecule has 36 heavy (non-hydrogen) atoms. The van der Waals surface area contributed by atoms with Crippen molar-refractivity contribution in [3.63, 3.8) is 0 Å². The molecule has 1 saturated carbocycles. The molecule has 190 valence electrons. The van der Waals surface area contributed by atoms with Crippen LogP contribution < -0.4 is 4.74 Å². The van der Waals surface area contributed by atoms with E-state index in [9.17, 15) is 13.2 Å². The van der Waals surface area contributed by atoms with Crippen LogP contribution in [0.25, 0.3) is 0 Å². The highest BCUT2D eigenvalue weighted by atomic mass is 35.5. The van der Waals surface area contributed by atoms with Crippen LogP contribution in [-0.2, 0) is 21.2 Å². The Hall–Kier alpha value is -2.39. The fourth-order valence-corrected chi connectivity index (χ4v) is 7.04. The number of amides is 1. The van der Waals surface area contributed by atoms with Gasteiger partial charge in [0.05, 0.1) is 17.5 Å². The topological polar surface area (TPSA) is 66.9 Å². The summed E-state index contributed by atoms with van der Waals surface area (Å²) < 4.78 is 34.5. The summed E-state index contributed by atoms with van der Waals surface area (Å²) in [5, 5.41) is 2.66. The number of nitrogens with zero attached hydrogens (tertiary/aromatic N) is 2. The summed E-state index contributed by atoms with van der Waals surface area (Å²) in [6.07, 6.45) is 2.74. The van der Waals surface area contributed by atoms with Gasteiger partial charge in [0.1, 0.15) is 12.4 Å². The van der Waals surface area contributed by atoms with E-state index in [4.69, 9.17) is 16.3 Å². The van der Waals surface area contributed by atoms with Gasteiger partial charge in [0.15, 0.2) is 0 Å². The maximum atomic E-state index is 13.7. The molecule has 2 aromatic carbocycles. The maximum Gasteiger partial charge on any atom is 0.243 e. The van der Waals surface area contributed by atoms with Crippen molar-refractivity contribution in [3.8, 4) is 5.75 Å². The third kappa shape index (κ3) is 5.62. The van der Waals surface area contributed by atoms with E-state index in [2.05, 4.69) is 0 Å². The van der Waals surface area contributed by atoms with E-state index in [1.807, 2.05) is 18.4 Å². The van der Waals surface area contributed by atoms with E-state index in [0.29, 0.717) is 29.8 Å². The van der Waals surface area contributed by atoms with Crippen LogP contribution in [0.15, 0.2) is 64.9 Å². The Morgan fingerprint density at radius 3 is 2.53 bits per heavy atom. The van der Waals surface area contributed by atoms with Gasteiger partial charge in [0, 0.05) is 23.0 Å². The van der Waals surface area contributed by atoms with E-state index < -0.39 is 10.0 Å². The first-order chi connectivity index (χ1) is 17.3. The largest absolute Gasteiger partial charge is 0.491 e. The molecule has 0 spiro atoms. The number of carbonyl (C=O) groups excluding carboxylic acids is 1. The third-order valence-electron chi connectivity index (χ3n) is 6.77. The number of ether oxygens (including phenoxy) is 1. The van der Waals surface area contributed by atoms with Crippen LogP contribution in [0.5, 0.6) is 5.75 Å². The van der Waals surface area contributed by atoms with E-state index in [0.717, 1.165) is 30.4 Å². The zero-order valence-corrected chi connectivity index (χ0v) is 22.5. The molecule has 0 saturated heterocycles. The molecular formula is C27H29ClN2O4S2. The van der Waals surface area contributed by atoms with Gasteiger partial charge in [-0.2, -0.15) is 4.31 Å². The standard InChI is InChI=1S/C27H29ClN2O4S2/c1-19-2-10-23(11-3-19)36(32,33)29(16-20-4-5-20)17-27(31)30-14-12-26-24(13-15-35-26)25(30)18-34-22-8-6-21(28)7-9-22/h2-3,6-11,13,15,20,25H,4-5,12,14,16-18H2,1H3/t25-/m1/s1. The molecule has 1 amide bonds. The number of benzene rings is 2. The average Bonchev–Trinajstić information content (AvgIpc) is 3.55. The number of carbonyl (C=O) groups is 1. The number of hydrogen-bond donors (Lipinski definition) is 0. The molecule has 0 unspecified atom stereocenters. The van der Waals surface area contributed by atoms with Crippen molar-refractivity contribution in [1.29, 1.82) is 0 Å². The third-order valence-corrected chi connectivity index (χ3v) is 9.84. The minimum absolute atomic E-state index is 0.177. The number of rotatable bonds is 9. The average molecular weight is 545 g/mol. The molecule has 1 aromatic heterocycles. The molecule has 1 atom stereocenters. The predicted octanol–water partition coefficient (Wildman–Crippen LogP) is 5.32. The van der Waals surface area contributed by atoms with Gasteiger partial charge in [0.2, 0.25) is 15.9 Å². The molecule has 1 aliphatic heterocycles. The molecule has 2 aliphatic rings. The van der Waals surface area contributed by atoms with Gasteiger partial charge >= 0.3 is 0 Å². The molecule has 2 heterocycles. The highest BCUT2D eigenvalue weighted by molar-refractivity contribution is 7.89. The van der Waals surface area contributed by atoms with Crippen LogP contribution in [0, 0.1) is 12.8 Å². The van der Waals surface area contributed by atoms with E-state index >= 15 is 0 Å². The summed E-state index contributed by atoms with van der Waals surface area (Å²) in [5.41, 5.74) is 2.06. The maximum absolute atomic E-state index is 13.7. The quantitative estimate of drug-likeness (QED) is 0.366. The molecule has 0 N–H and O–H groups in total. The SMILES string of the molecule is Cc1ccc(S(=O)(=O)N(CC(=O)N2CCc3sccc3[C@H]2COc2ccc(Cl)cc2)CC2CC2)cc1. The number of aryl methyl sites for hydroxylation is 1. The Labute approximate surface area is 221 Å². The number of thiophene rings is 1. The minimum atomic E-state index is -3.79. The first-order valence-electron chi connectivity index (χ1n) is 12.1. The van der Waals surface area contributed by atoms with Gasteiger partial charge in [-0.05, 0) is 85.5 Å². The second kappa shape index (κ2) is 10.5. The number of hydrogen-bond acceptors (Lipinski definition) is 5. The van der Waals surface area contributed by atoms with Crippen molar-refractivity contribution in [2.24, 2.45) is 5.92 Å². The Morgan fingerprint density at radius 1 is 1.11 bits per heavy atom. The highest BCUT2D eigenvalue weighted by Crippen LogP contribution is 2.35. The van der Waals surface area contributed by atoms with Crippen molar-refractivity contribution in [1.82, 2.24) is 9.21 Å². The van der Waals surface area contributed by atoms with Gasteiger partial charge in [-0.3, -0.25) is 4.79 Å². The fourth-order valence-electron chi connectivity index (χ4n) is 4.52. The van der Waals surface area contributed by atoms with E-state index in [1.165, 1.54) is 9.18 Å². The summed E-state index contributed by atoms with van der Waals surface area (Å²) in [5.74, 6) is 0.784. The number of halogens is 1. The lowest BCUT2D eigenvalue weighted by Crippen LogP contribution is -2.48. The van der Waals surface area contributed by atoms with Crippen molar-refractivity contribution in [3.05, 3.63) is 81.0 Å². The second-order valence-electron chi connectivity index (χ2n) is 9.47. The number of fused-ring (bicyclic) bond motifs is 1. The van der Waals surface area contributed by atoms with Crippen molar-refractivity contribution in [2.45, 2.75) is 37.1 Å². The molecule has 1 fully saturated rings. The monoisotopic (exact) mass is 544 g/mol. The Bertz CT molecular complexity index is 1320. The summed E-state index contributed by atoms with van der Waals surface area (Å²) in [7, 11) is -3.79. The lowest BCUT2D eigenvalue weighted by molar-refractivity contribution is -0.135. The summed E-state index contributed by atoms with van der Waals surface area (Å²) in [6, 6.07) is 15.7.